The highest BCUT2D eigenvalue weighted by Gasteiger charge is 2.12. The van der Waals surface area contributed by atoms with Crippen molar-refractivity contribution in [2.75, 3.05) is 0 Å². The minimum atomic E-state index is -0.229. The average molecular weight is 392 g/mol. The number of nitriles is 1. The molecule has 30 heavy (non-hydrogen) atoms. The summed E-state index contributed by atoms with van der Waals surface area (Å²) in [7, 11) is 0. The number of nitrogens with one attached hydrogen (secondary N) is 1. The van der Waals surface area contributed by atoms with Gasteiger partial charge in [-0.25, -0.2) is 9.37 Å². The number of imidazole rings is 1. The number of hydrogen-bond acceptors (Lipinski definition) is 2. The van der Waals surface area contributed by atoms with E-state index in [1.165, 1.54) is 6.07 Å². The van der Waals surface area contributed by atoms with E-state index in [9.17, 15) is 9.65 Å². The third-order valence-electron chi connectivity index (χ3n) is 5.18. The number of hydrogen-bond donors (Lipinski definition) is 1. The molecule has 0 amide bonds. The first-order chi connectivity index (χ1) is 14.7. The highest BCUT2D eigenvalue weighted by Crippen LogP contribution is 2.27. The van der Waals surface area contributed by atoms with Crippen LogP contribution in [0.1, 0.15) is 17.0 Å². The van der Waals surface area contributed by atoms with Crippen molar-refractivity contribution < 1.29 is 4.39 Å². The van der Waals surface area contributed by atoms with Crippen LogP contribution in [0.25, 0.3) is 33.6 Å². The van der Waals surface area contributed by atoms with Crippen molar-refractivity contribution in [3.05, 3.63) is 102 Å². The van der Waals surface area contributed by atoms with Gasteiger partial charge in [-0.05, 0) is 30.3 Å². The Morgan fingerprint density at radius 1 is 1.03 bits per heavy atom. The lowest BCUT2D eigenvalue weighted by molar-refractivity contribution is 0.602. The fourth-order valence-electron chi connectivity index (χ4n) is 3.72. The van der Waals surface area contributed by atoms with Crippen LogP contribution in [0.2, 0.25) is 0 Å². The third kappa shape index (κ3) is 3.15. The molecule has 0 saturated carbocycles. The molecule has 0 spiro atoms. The summed E-state index contributed by atoms with van der Waals surface area (Å²) < 4.78 is 16.2. The van der Waals surface area contributed by atoms with Crippen LogP contribution in [0.15, 0.2) is 79.0 Å². The topological polar surface area (TPSA) is 57.4 Å². The molecular weight excluding hydrogens is 375 g/mol. The Labute approximate surface area is 172 Å². The van der Waals surface area contributed by atoms with Crippen molar-refractivity contribution in [3.63, 3.8) is 0 Å². The zero-order chi connectivity index (χ0) is 20.5. The van der Waals surface area contributed by atoms with E-state index in [4.69, 9.17) is 0 Å². The number of nitrogens with zero attached hydrogens (tertiary/aromatic N) is 3. The Balaban J connectivity index is 1.61. The van der Waals surface area contributed by atoms with E-state index in [0.717, 1.165) is 27.5 Å². The summed E-state index contributed by atoms with van der Waals surface area (Å²) in [5.74, 6) is 0.303. The molecule has 0 aliphatic carbocycles. The summed E-state index contributed by atoms with van der Waals surface area (Å²) >= 11 is 0. The zero-order valence-corrected chi connectivity index (χ0v) is 16.0. The maximum Gasteiger partial charge on any atom is 0.149 e. The van der Waals surface area contributed by atoms with Gasteiger partial charge in [0.15, 0.2) is 0 Å². The summed E-state index contributed by atoms with van der Waals surface area (Å²) in [6.45, 7) is 0.410. The number of fused-ring (bicyclic) bond motifs is 2. The van der Waals surface area contributed by atoms with E-state index in [1.807, 2.05) is 71.4 Å². The van der Waals surface area contributed by atoms with E-state index in [0.29, 0.717) is 23.5 Å². The fourth-order valence-corrected chi connectivity index (χ4v) is 3.72. The number of benzene rings is 3. The molecule has 0 aliphatic heterocycles. The average Bonchev–Trinajstić information content (AvgIpc) is 3.35. The van der Waals surface area contributed by atoms with Crippen molar-refractivity contribution >= 4 is 33.6 Å². The van der Waals surface area contributed by atoms with Crippen LogP contribution in [-0.2, 0) is 6.54 Å². The molecule has 0 aliphatic rings. The summed E-state index contributed by atoms with van der Waals surface area (Å²) in [5, 5.41) is 10.8. The SMILES string of the molecule is N#CC(=Cc1cn(Cc2ccccc2F)c2ccccc12)c1nc2ccccc2[nH]1. The van der Waals surface area contributed by atoms with E-state index in [-0.39, 0.29) is 5.82 Å². The number of rotatable bonds is 4. The number of aromatic amines is 1. The van der Waals surface area contributed by atoms with Crippen LogP contribution in [0, 0.1) is 17.1 Å². The molecule has 0 radical (unpaired) electrons. The van der Waals surface area contributed by atoms with Gasteiger partial charge in [-0.3, -0.25) is 0 Å². The van der Waals surface area contributed by atoms with E-state index >= 15 is 0 Å². The van der Waals surface area contributed by atoms with Crippen molar-refractivity contribution in [2.45, 2.75) is 6.54 Å². The maximum atomic E-state index is 14.2. The highest BCUT2D eigenvalue weighted by molar-refractivity contribution is 5.98. The van der Waals surface area contributed by atoms with Crippen molar-refractivity contribution in [1.82, 2.24) is 14.5 Å². The Kier molecular flexibility index (Phi) is 4.38. The largest absolute Gasteiger partial charge is 0.342 e. The van der Waals surface area contributed by atoms with Crippen LogP contribution in [0.5, 0.6) is 0 Å². The molecule has 0 atom stereocenters. The smallest absolute Gasteiger partial charge is 0.149 e. The maximum absolute atomic E-state index is 14.2. The monoisotopic (exact) mass is 392 g/mol. The molecule has 0 bridgehead atoms. The van der Waals surface area contributed by atoms with Gasteiger partial charge in [-0.15, -0.1) is 0 Å². The van der Waals surface area contributed by atoms with Gasteiger partial charge in [-0.1, -0.05) is 48.5 Å². The molecule has 5 rings (SSSR count). The lowest BCUT2D eigenvalue weighted by Gasteiger charge is -2.06. The predicted molar refractivity (Wildman–Crippen MR) is 117 cm³/mol. The second kappa shape index (κ2) is 7.34. The van der Waals surface area contributed by atoms with Gasteiger partial charge >= 0.3 is 0 Å². The fraction of sp³-hybridized carbons (Fsp3) is 0.0400. The van der Waals surface area contributed by atoms with E-state index < -0.39 is 0 Å². The minimum Gasteiger partial charge on any atom is -0.342 e. The third-order valence-corrected chi connectivity index (χ3v) is 5.18. The van der Waals surface area contributed by atoms with Crippen molar-refractivity contribution in [2.24, 2.45) is 0 Å². The lowest BCUT2D eigenvalue weighted by atomic mass is 10.1. The highest BCUT2D eigenvalue weighted by atomic mass is 19.1. The zero-order valence-electron chi connectivity index (χ0n) is 16.0. The Morgan fingerprint density at radius 3 is 2.63 bits per heavy atom. The number of H-pyrrole nitrogens is 1. The molecule has 1 N–H and O–H groups in total. The quantitative estimate of drug-likeness (QED) is 0.395. The molecule has 0 unspecified atom stereocenters. The van der Waals surface area contributed by atoms with Gasteiger partial charge in [-0.2, -0.15) is 5.26 Å². The standard InChI is InChI=1S/C25H17FN4/c26-21-9-3-1-7-17(21)15-30-16-19(20-8-2-6-12-24(20)30)13-18(14-27)25-28-22-10-4-5-11-23(22)29-25/h1-13,16H,15H2,(H,28,29). The summed E-state index contributed by atoms with van der Waals surface area (Å²) in [6.07, 6.45) is 3.79. The number of allylic oxidation sites excluding steroid dienone is 1. The van der Waals surface area contributed by atoms with Crippen LogP contribution < -0.4 is 0 Å². The molecule has 144 valence electrons. The molecule has 0 fully saturated rings. The van der Waals surface area contributed by atoms with Crippen LogP contribution >= 0.6 is 0 Å². The Hall–Kier alpha value is -4.17. The molecule has 2 heterocycles. The number of aromatic nitrogens is 3. The second-order valence-electron chi connectivity index (χ2n) is 7.09. The van der Waals surface area contributed by atoms with Gasteiger partial charge in [0.25, 0.3) is 0 Å². The normalized spacial score (nSPS) is 11.8. The van der Waals surface area contributed by atoms with Gasteiger partial charge in [0, 0.05) is 28.2 Å². The lowest BCUT2D eigenvalue weighted by Crippen LogP contribution is -2.00. The Morgan fingerprint density at radius 2 is 1.80 bits per heavy atom. The molecule has 5 heteroatoms. The van der Waals surface area contributed by atoms with Gasteiger partial charge in [0.05, 0.1) is 23.2 Å². The predicted octanol–water partition coefficient (Wildman–Crippen LogP) is 5.77. The number of para-hydroxylation sites is 3. The summed E-state index contributed by atoms with van der Waals surface area (Å²) in [4.78, 5) is 7.75. The van der Waals surface area contributed by atoms with Crippen molar-refractivity contribution in [1.29, 1.82) is 5.26 Å². The van der Waals surface area contributed by atoms with Gasteiger partial charge < -0.3 is 9.55 Å². The van der Waals surface area contributed by atoms with Crippen LogP contribution in [-0.4, -0.2) is 14.5 Å². The Bertz CT molecular complexity index is 1420. The van der Waals surface area contributed by atoms with E-state index in [1.54, 1.807) is 12.1 Å². The first kappa shape index (κ1) is 17.9. The van der Waals surface area contributed by atoms with Gasteiger partial charge in [0.2, 0.25) is 0 Å². The molecule has 0 saturated heterocycles. The van der Waals surface area contributed by atoms with Crippen LogP contribution in [0.3, 0.4) is 0 Å². The molecular formula is C25H17FN4. The van der Waals surface area contributed by atoms with E-state index in [2.05, 4.69) is 16.0 Å². The summed E-state index contributed by atoms with van der Waals surface area (Å²) in [6, 6.07) is 24.6. The van der Waals surface area contributed by atoms with Gasteiger partial charge in [0.1, 0.15) is 17.7 Å². The molecule has 4 nitrogen and oxygen atoms in total. The molecule has 5 aromatic rings. The van der Waals surface area contributed by atoms with Crippen LogP contribution in [0.4, 0.5) is 4.39 Å². The second-order valence-corrected chi connectivity index (χ2v) is 7.09. The molecule has 2 aromatic heterocycles. The first-order valence-electron chi connectivity index (χ1n) is 9.61. The number of halogens is 1. The summed E-state index contributed by atoms with van der Waals surface area (Å²) in [5.41, 5.74) is 4.63. The minimum absolute atomic E-state index is 0.229. The first-order valence-corrected chi connectivity index (χ1v) is 9.61. The molecule has 3 aromatic carbocycles. The van der Waals surface area contributed by atoms with Crippen molar-refractivity contribution in [3.8, 4) is 6.07 Å².